The molecule has 0 spiro atoms. The molecule has 1 aromatic carbocycles. The van der Waals surface area contributed by atoms with Crippen LogP contribution in [0.3, 0.4) is 0 Å². The molecule has 0 aliphatic carbocycles. The van der Waals surface area contributed by atoms with Crippen LogP contribution in [0.15, 0.2) is 52.1 Å². The molecule has 1 aromatic heterocycles. The van der Waals surface area contributed by atoms with Crippen LogP contribution < -0.4 is 5.62 Å². The number of hydrogen-bond acceptors (Lipinski definition) is 4. The van der Waals surface area contributed by atoms with Gasteiger partial charge in [-0.3, -0.25) is 3.97 Å². The van der Waals surface area contributed by atoms with E-state index in [4.69, 9.17) is 4.74 Å². The Kier molecular flexibility index (Phi) is 3.70. The van der Waals surface area contributed by atoms with Crippen molar-refractivity contribution in [1.29, 1.82) is 0 Å². The second-order valence-electron chi connectivity index (χ2n) is 4.42. The van der Waals surface area contributed by atoms with E-state index in [1.54, 1.807) is 11.9 Å². The molecule has 2 heterocycles. The number of aryl methyl sites for hydroxylation is 1. The molecule has 2 aromatic rings. The van der Waals surface area contributed by atoms with E-state index in [0.717, 1.165) is 17.9 Å². The molecule has 0 bridgehead atoms. The zero-order valence-corrected chi connectivity index (χ0v) is 12.1. The number of ether oxygens (including phenoxy) is 1. The van der Waals surface area contributed by atoms with E-state index in [-0.39, 0.29) is 6.10 Å². The first-order valence-corrected chi connectivity index (χ1v) is 7.41. The monoisotopic (exact) mass is 289 g/mol. The van der Waals surface area contributed by atoms with Crippen LogP contribution in [-0.4, -0.2) is 21.4 Å². The lowest BCUT2D eigenvalue weighted by Gasteiger charge is -1.96. The van der Waals surface area contributed by atoms with Crippen LogP contribution in [0.25, 0.3) is 0 Å². The second kappa shape index (κ2) is 5.64. The fraction of sp³-hybridized carbons (Fsp3) is 0.308. The van der Waals surface area contributed by atoms with Gasteiger partial charge in [0.2, 0.25) is 5.62 Å². The summed E-state index contributed by atoms with van der Waals surface area (Å²) in [6.07, 6.45) is 6.11. The second-order valence-corrected chi connectivity index (χ2v) is 5.18. The van der Waals surface area contributed by atoms with E-state index in [0.29, 0.717) is 0 Å². The quantitative estimate of drug-likeness (QED) is 0.493. The molecule has 0 N–H and O–H groups in total. The summed E-state index contributed by atoms with van der Waals surface area (Å²) in [6.45, 7) is 0.818. The number of rotatable bonds is 4. The van der Waals surface area contributed by atoms with Crippen LogP contribution in [0.4, 0.5) is 5.69 Å². The molecule has 1 aliphatic rings. The van der Waals surface area contributed by atoms with Crippen molar-refractivity contribution in [2.45, 2.75) is 6.10 Å². The van der Waals surface area contributed by atoms with E-state index in [2.05, 4.69) is 15.4 Å². The summed E-state index contributed by atoms with van der Waals surface area (Å²) >= 11 is 1.56. The minimum Gasteiger partial charge on any atom is -0.368 e. The Labute approximate surface area is 120 Å². The molecule has 3 rings (SSSR count). The molecular formula is C13H15N5OS. The van der Waals surface area contributed by atoms with Crippen molar-refractivity contribution in [3.63, 3.8) is 0 Å². The maximum absolute atomic E-state index is 5.22. The Morgan fingerprint density at radius 1 is 1.25 bits per heavy atom. The van der Waals surface area contributed by atoms with Gasteiger partial charge in [0.05, 0.1) is 12.3 Å². The molecule has 1 saturated heterocycles. The number of nitrogens with zero attached hydrogens (tertiary/aromatic N) is 5. The highest BCUT2D eigenvalue weighted by Crippen LogP contribution is 2.30. The maximum atomic E-state index is 5.22. The molecule has 20 heavy (non-hydrogen) atoms. The van der Waals surface area contributed by atoms with Crippen molar-refractivity contribution in [2.75, 3.05) is 12.9 Å². The highest BCUT2D eigenvalue weighted by molar-refractivity contribution is 7.97. The van der Waals surface area contributed by atoms with E-state index in [1.165, 1.54) is 5.56 Å². The van der Waals surface area contributed by atoms with Gasteiger partial charge >= 0.3 is 0 Å². The lowest BCUT2D eigenvalue weighted by molar-refractivity contribution is 0.415. The number of hydrogen-bond donors (Lipinski definition) is 0. The minimum absolute atomic E-state index is 0.273. The number of imidazole rings is 1. The van der Waals surface area contributed by atoms with Gasteiger partial charge < -0.3 is 9.30 Å². The van der Waals surface area contributed by atoms with Gasteiger partial charge in [-0.2, -0.15) is 0 Å². The van der Waals surface area contributed by atoms with Gasteiger partial charge in [-0.15, -0.1) is 5.11 Å². The maximum Gasteiger partial charge on any atom is 0.241 e. The molecule has 1 fully saturated rings. The third-order valence-corrected chi connectivity index (χ3v) is 3.71. The van der Waals surface area contributed by atoms with Gasteiger partial charge in [0, 0.05) is 25.7 Å². The molecule has 0 radical (unpaired) electrons. The summed E-state index contributed by atoms with van der Waals surface area (Å²) in [6, 6.07) is 7.86. The van der Waals surface area contributed by atoms with Crippen molar-refractivity contribution >= 4 is 17.6 Å². The van der Waals surface area contributed by atoms with Crippen LogP contribution in [0, 0.1) is 0 Å². The van der Waals surface area contributed by atoms with Crippen LogP contribution in [0.5, 0.6) is 0 Å². The first kappa shape index (κ1) is 13.1. The Morgan fingerprint density at radius 3 is 2.65 bits per heavy atom. The normalized spacial score (nSPS) is 18.9. The number of epoxide rings is 1. The van der Waals surface area contributed by atoms with Gasteiger partial charge in [-0.1, -0.05) is 17.2 Å². The molecule has 1 aliphatic heterocycles. The van der Waals surface area contributed by atoms with Crippen molar-refractivity contribution < 1.29 is 4.74 Å². The molecule has 1 unspecified atom stereocenters. The Balaban J connectivity index is 1.77. The van der Waals surface area contributed by atoms with E-state index in [9.17, 15) is 0 Å². The largest absolute Gasteiger partial charge is 0.368 e. The first-order chi connectivity index (χ1) is 9.78. The van der Waals surface area contributed by atoms with Crippen molar-refractivity contribution in [3.8, 4) is 0 Å². The molecule has 0 amide bonds. The highest BCUT2D eigenvalue weighted by Gasteiger charge is 2.24. The Bertz CT molecular complexity index is 682. The number of benzene rings is 1. The van der Waals surface area contributed by atoms with Crippen LogP contribution in [0.1, 0.15) is 11.7 Å². The highest BCUT2D eigenvalue weighted by atomic mass is 32.2. The lowest BCUT2D eigenvalue weighted by Crippen LogP contribution is -2.19. The van der Waals surface area contributed by atoms with Crippen LogP contribution in [-0.2, 0) is 11.8 Å². The van der Waals surface area contributed by atoms with Crippen molar-refractivity contribution in [2.24, 2.45) is 22.5 Å². The summed E-state index contributed by atoms with van der Waals surface area (Å²) in [4.78, 5) is 0. The van der Waals surface area contributed by atoms with Crippen LogP contribution in [0.2, 0.25) is 0 Å². The fourth-order valence-electron chi connectivity index (χ4n) is 1.82. The summed E-state index contributed by atoms with van der Waals surface area (Å²) < 4.78 is 9.04. The predicted molar refractivity (Wildman–Crippen MR) is 77.5 cm³/mol. The number of aromatic nitrogens is 2. The smallest absolute Gasteiger partial charge is 0.241 e. The third-order valence-electron chi connectivity index (χ3n) is 3.03. The molecule has 1 atom stereocenters. The van der Waals surface area contributed by atoms with Crippen molar-refractivity contribution in [3.05, 3.63) is 47.8 Å². The first-order valence-electron chi connectivity index (χ1n) is 6.22. The molecular weight excluding hydrogens is 274 g/mol. The summed E-state index contributed by atoms with van der Waals surface area (Å²) in [5.41, 5.74) is 2.70. The van der Waals surface area contributed by atoms with E-state index in [1.807, 2.05) is 58.5 Å². The topological polar surface area (TPSA) is 59.5 Å². The zero-order chi connectivity index (χ0) is 13.9. The van der Waals surface area contributed by atoms with Gasteiger partial charge in [0.15, 0.2) is 0 Å². The van der Waals surface area contributed by atoms with Gasteiger partial charge in [0.25, 0.3) is 0 Å². The average Bonchev–Trinajstić information content (AvgIpc) is 3.26. The zero-order valence-electron chi connectivity index (χ0n) is 11.3. The molecule has 104 valence electrons. The van der Waals surface area contributed by atoms with Crippen LogP contribution >= 0.6 is 11.9 Å². The molecule has 0 saturated carbocycles. The summed E-state index contributed by atoms with van der Waals surface area (Å²) in [7, 11) is 1.92. The Morgan fingerprint density at radius 2 is 2.00 bits per heavy atom. The molecule has 7 heteroatoms. The Hall–Kier alpha value is -1.86. The van der Waals surface area contributed by atoms with Gasteiger partial charge in [0.1, 0.15) is 6.10 Å². The predicted octanol–water partition coefficient (Wildman–Crippen LogP) is 2.62. The summed E-state index contributed by atoms with van der Waals surface area (Å²) in [5.74, 6) is 0. The minimum atomic E-state index is 0.273. The molecule has 6 nitrogen and oxygen atoms in total. The third kappa shape index (κ3) is 2.83. The average molecular weight is 289 g/mol. The fourth-order valence-corrected chi connectivity index (χ4v) is 2.32. The van der Waals surface area contributed by atoms with E-state index < -0.39 is 0 Å². The van der Waals surface area contributed by atoms with Gasteiger partial charge in [-0.05, 0) is 34.9 Å². The SMILES string of the molecule is CSn1ccn(C)/c1=N/N=N/c1ccc(C2CO2)cc1. The standard InChI is InChI=1S/C13H15N5OS/c1-17-7-8-18(20-2)13(17)15-16-14-11-5-3-10(4-6-11)12-9-19-12/h3-8,12H,9H2,1-2H3/b15-13-,16-14+. The summed E-state index contributed by atoms with van der Waals surface area (Å²) in [5, 5.41) is 12.1. The van der Waals surface area contributed by atoms with Crippen molar-refractivity contribution in [1.82, 2.24) is 8.54 Å². The lowest BCUT2D eigenvalue weighted by atomic mass is 10.1. The van der Waals surface area contributed by atoms with E-state index >= 15 is 0 Å². The van der Waals surface area contributed by atoms with Gasteiger partial charge in [-0.25, -0.2) is 0 Å².